The average molecular weight is 661 g/mol. The molecule has 0 heterocycles. The van der Waals surface area contributed by atoms with Gasteiger partial charge in [-0.25, -0.2) is 12.8 Å². The quantitative estimate of drug-likeness (QED) is 0.196. The number of halogens is 4. The Hall–Kier alpha value is -4.72. The average Bonchev–Trinajstić information content (AvgIpc) is 3.62. The lowest BCUT2D eigenvalue weighted by Crippen LogP contribution is -2.47. The van der Waals surface area contributed by atoms with Crippen LogP contribution in [0.25, 0.3) is 11.1 Å². The Morgan fingerprint density at radius 3 is 2.35 bits per heavy atom. The highest BCUT2D eigenvalue weighted by Crippen LogP contribution is 2.45. The third-order valence-corrected chi connectivity index (χ3v) is 9.69. The van der Waals surface area contributed by atoms with Gasteiger partial charge in [-0.3, -0.25) is 14.4 Å². The summed E-state index contributed by atoms with van der Waals surface area (Å²) >= 11 is 0. The van der Waals surface area contributed by atoms with Gasteiger partial charge in [0.2, 0.25) is 5.91 Å². The zero-order valence-corrected chi connectivity index (χ0v) is 25.0. The molecule has 2 aliphatic rings. The van der Waals surface area contributed by atoms with Crippen molar-refractivity contribution >= 4 is 33.3 Å². The van der Waals surface area contributed by atoms with E-state index in [-0.39, 0.29) is 40.8 Å². The summed E-state index contributed by atoms with van der Waals surface area (Å²) in [5.41, 5.74) is -4.43. The maximum absolute atomic E-state index is 15.1. The minimum atomic E-state index is -5.64. The van der Waals surface area contributed by atoms with E-state index in [0.29, 0.717) is 18.4 Å². The molecule has 0 saturated heterocycles. The smallest absolute Gasteiger partial charge is 0.496 e. The number of carbonyl (C=O) groups excluding carboxylic acids is 2. The summed E-state index contributed by atoms with van der Waals surface area (Å²) in [4.78, 5) is 36.9. The van der Waals surface area contributed by atoms with Gasteiger partial charge in [0, 0.05) is 29.8 Å². The summed E-state index contributed by atoms with van der Waals surface area (Å²) < 4.78 is 83.3. The van der Waals surface area contributed by atoms with Gasteiger partial charge in [0.1, 0.15) is 11.6 Å². The van der Waals surface area contributed by atoms with E-state index in [0.717, 1.165) is 29.8 Å². The van der Waals surface area contributed by atoms with Crippen LogP contribution in [0, 0.1) is 23.6 Å². The number of nitrogens with one attached hydrogen (secondary N) is 2. The van der Waals surface area contributed by atoms with Gasteiger partial charge in [0.05, 0.1) is 23.5 Å². The molecular weight excluding hydrogens is 632 g/mol. The molecular formula is C32H28F4N2O7S. The molecule has 0 aromatic heterocycles. The highest BCUT2D eigenvalue weighted by Gasteiger charge is 2.49. The largest absolute Gasteiger partial charge is 0.501 e. The van der Waals surface area contributed by atoms with E-state index in [4.69, 9.17) is 9.84 Å². The summed E-state index contributed by atoms with van der Waals surface area (Å²) in [6.07, 6.45) is 4.42. The molecule has 1 fully saturated rings. The Bertz CT molecular complexity index is 1820. The van der Waals surface area contributed by atoms with Gasteiger partial charge < -0.3 is 20.5 Å². The molecule has 0 spiro atoms. The molecule has 5 rings (SSSR count). The highest BCUT2D eigenvalue weighted by molar-refractivity contribution is 7.92. The monoisotopic (exact) mass is 660 g/mol. The SMILES string of the molecule is COc1cc(F)c(-c2ccc(CCC(=O)O)cc2)cc1C(=O)NC1C2C=CC(C2)C1C(=O)Nc1cccc(S(=O)(=O)C(F)(F)F)c1. The standard InChI is InChI=1S/C32H28F4N2O7S/c1-45-26-16-25(33)23(18-8-5-17(6-9-18)7-12-27(39)40)15-24(26)30(41)38-29-20-11-10-19(13-20)28(29)31(42)37-21-3-2-4-22(14-21)46(43,44)32(34,35)36/h2-6,8-11,14-16,19-20,28-29H,7,12-13H2,1H3,(H,37,42)(H,38,41)(H,39,40). The number of anilines is 1. The summed E-state index contributed by atoms with van der Waals surface area (Å²) in [6, 6.07) is 12.0. The fraction of sp³-hybridized carbons (Fsp3) is 0.281. The molecule has 4 unspecified atom stereocenters. The van der Waals surface area contributed by atoms with Gasteiger partial charge in [0.15, 0.2) is 0 Å². The fourth-order valence-corrected chi connectivity index (χ4v) is 6.74. The van der Waals surface area contributed by atoms with Gasteiger partial charge in [-0.15, -0.1) is 0 Å². The van der Waals surface area contributed by atoms with Crippen molar-refractivity contribution < 1.29 is 50.2 Å². The van der Waals surface area contributed by atoms with E-state index < -0.39 is 55.8 Å². The van der Waals surface area contributed by atoms with Crippen LogP contribution in [0.3, 0.4) is 0 Å². The van der Waals surface area contributed by atoms with Crippen molar-refractivity contribution in [2.75, 3.05) is 12.4 Å². The number of carboxylic acid groups (broad SMARTS) is 1. The van der Waals surface area contributed by atoms with Crippen molar-refractivity contribution in [1.82, 2.24) is 5.32 Å². The number of aliphatic carboxylic acids is 1. The van der Waals surface area contributed by atoms with Crippen LogP contribution in [-0.2, 0) is 25.8 Å². The van der Waals surface area contributed by atoms with E-state index in [2.05, 4.69) is 10.6 Å². The minimum Gasteiger partial charge on any atom is -0.496 e. The molecule has 0 radical (unpaired) electrons. The molecule has 46 heavy (non-hydrogen) atoms. The highest BCUT2D eigenvalue weighted by atomic mass is 32.2. The minimum absolute atomic E-state index is 0.00942. The molecule has 2 aliphatic carbocycles. The number of methoxy groups -OCH3 is 1. The molecule has 2 bridgehead atoms. The summed E-state index contributed by atoms with van der Waals surface area (Å²) in [6.45, 7) is 0. The summed E-state index contributed by atoms with van der Waals surface area (Å²) in [7, 11) is -4.37. The van der Waals surface area contributed by atoms with Crippen LogP contribution in [0.4, 0.5) is 23.2 Å². The molecule has 3 aromatic carbocycles. The van der Waals surface area contributed by atoms with Gasteiger partial charge in [-0.1, -0.05) is 42.5 Å². The predicted octanol–water partition coefficient (Wildman–Crippen LogP) is 5.37. The number of allylic oxidation sites excluding steroid dienone is 1. The molecule has 1 saturated carbocycles. The number of aryl methyl sites for hydroxylation is 1. The Balaban J connectivity index is 1.37. The fourth-order valence-electron chi connectivity index (χ4n) is 5.93. The first-order valence-corrected chi connectivity index (χ1v) is 15.6. The number of carboxylic acids is 1. The van der Waals surface area contributed by atoms with E-state index in [1.807, 2.05) is 12.2 Å². The van der Waals surface area contributed by atoms with Crippen LogP contribution in [0.2, 0.25) is 0 Å². The number of alkyl halides is 3. The lowest BCUT2D eigenvalue weighted by molar-refractivity contribution is -0.137. The van der Waals surface area contributed by atoms with Crippen LogP contribution in [0.5, 0.6) is 5.75 Å². The number of sulfone groups is 1. The van der Waals surface area contributed by atoms with E-state index in [9.17, 15) is 36.0 Å². The lowest BCUT2D eigenvalue weighted by atomic mass is 9.87. The van der Waals surface area contributed by atoms with Crippen LogP contribution in [0.15, 0.2) is 77.7 Å². The number of benzene rings is 3. The Morgan fingerprint density at radius 1 is 1.00 bits per heavy atom. The second-order valence-electron chi connectivity index (χ2n) is 11.1. The van der Waals surface area contributed by atoms with E-state index >= 15 is 4.39 Å². The van der Waals surface area contributed by atoms with Crippen molar-refractivity contribution in [3.8, 4) is 16.9 Å². The number of carbonyl (C=O) groups is 3. The maximum atomic E-state index is 15.1. The Kier molecular flexibility index (Phi) is 8.94. The number of fused-ring (bicyclic) bond motifs is 2. The molecule has 0 aliphatic heterocycles. The second kappa shape index (κ2) is 12.6. The zero-order valence-electron chi connectivity index (χ0n) is 24.2. The molecule has 4 atom stereocenters. The van der Waals surface area contributed by atoms with Crippen molar-refractivity contribution in [3.63, 3.8) is 0 Å². The Labute approximate surface area is 261 Å². The van der Waals surface area contributed by atoms with Gasteiger partial charge >= 0.3 is 11.5 Å². The van der Waals surface area contributed by atoms with Gasteiger partial charge in [-0.2, -0.15) is 13.2 Å². The number of rotatable bonds is 10. The zero-order chi connectivity index (χ0) is 33.4. The van der Waals surface area contributed by atoms with Crippen molar-refractivity contribution in [2.24, 2.45) is 17.8 Å². The Morgan fingerprint density at radius 2 is 1.70 bits per heavy atom. The van der Waals surface area contributed by atoms with Gasteiger partial charge in [-0.05, 0) is 60.1 Å². The molecule has 14 heteroatoms. The first-order valence-electron chi connectivity index (χ1n) is 14.1. The first kappa shape index (κ1) is 32.7. The van der Waals surface area contributed by atoms with Crippen molar-refractivity contribution in [2.45, 2.75) is 35.7 Å². The normalized spacial score (nSPS) is 20.4. The number of amides is 2. The van der Waals surface area contributed by atoms with Crippen LogP contribution in [-0.4, -0.2) is 50.0 Å². The van der Waals surface area contributed by atoms with Crippen molar-refractivity contribution in [3.05, 3.63) is 89.8 Å². The first-order chi connectivity index (χ1) is 21.7. The van der Waals surface area contributed by atoms with Crippen LogP contribution < -0.4 is 15.4 Å². The number of hydrogen-bond donors (Lipinski definition) is 3. The molecule has 9 nitrogen and oxygen atoms in total. The second-order valence-corrected chi connectivity index (χ2v) is 13.0. The summed E-state index contributed by atoms with van der Waals surface area (Å²) in [5, 5.41) is 14.3. The third-order valence-electron chi connectivity index (χ3n) is 8.20. The molecule has 3 N–H and O–H groups in total. The van der Waals surface area contributed by atoms with E-state index in [1.165, 1.54) is 19.2 Å². The molecule has 242 valence electrons. The van der Waals surface area contributed by atoms with Crippen molar-refractivity contribution in [1.29, 1.82) is 0 Å². The van der Waals surface area contributed by atoms with E-state index in [1.54, 1.807) is 24.3 Å². The van der Waals surface area contributed by atoms with Gasteiger partial charge in [0.25, 0.3) is 15.7 Å². The summed E-state index contributed by atoms with van der Waals surface area (Å²) in [5.74, 6) is -4.34. The number of ether oxygens (including phenoxy) is 1. The van der Waals surface area contributed by atoms with Crippen LogP contribution >= 0.6 is 0 Å². The van der Waals surface area contributed by atoms with Crippen LogP contribution in [0.1, 0.15) is 28.8 Å². The predicted molar refractivity (Wildman–Crippen MR) is 158 cm³/mol. The topological polar surface area (TPSA) is 139 Å². The molecule has 2 amide bonds. The maximum Gasteiger partial charge on any atom is 0.501 e. The lowest BCUT2D eigenvalue weighted by Gasteiger charge is -2.28. The molecule has 3 aromatic rings. The third kappa shape index (κ3) is 6.48. The number of hydrogen-bond acceptors (Lipinski definition) is 6.